The number of nitrogen functional groups attached to an aromatic ring is 1. The minimum atomic E-state index is -1.28. The highest BCUT2D eigenvalue weighted by Gasteiger charge is 2.46. The van der Waals surface area contributed by atoms with Gasteiger partial charge in [-0.3, -0.25) is 9.36 Å². The molecule has 184 valence electrons. The van der Waals surface area contributed by atoms with Gasteiger partial charge in [0.1, 0.15) is 41.7 Å². The molecule has 15 heteroatoms. The maximum absolute atomic E-state index is 10.7. The minimum Gasteiger partial charge on any atom is -0.548 e. The van der Waals surface area contributed by atoms with E-state index in [4.69, 9.17) is 21.3 Å². The molecule has 2 aromatic heterocycles. The molecule has 1 aliphatic rings. The Morgan fingerprint density at radius 3 is 2.61 bits per heavy atom. The van der Waals surface area contributed by atoms with Crippen LogP contribution in [0.5, 0.6) is 0 Å². The van der Waals surface area contributed by atoms with E-state index in [9.17, 15) is 24.9 Å². The van der Waals surface area contributed by atoms with Gasteiger partial charge in [-0.25, -0.2) is 15.0 Å². The van der Waals surface area contributed by atoms with Crippen molar-refractivity contribution in [2.24, 2.45) is 5.73 Å². The number of carbonyl (C=O) groups excluding carboxylic acids is 1. The Kier molecular flexibility index (Phi) is 9.75. The number of nitrogens with zero attached hydrogens (tertiary/aromatic N) is 4. The predicted molar refractivity (Wildman–Crippen MR) is 118 cm³/mol. The summed E-state index contributed by atoms with van der Waals surface area (Å²) in [4.78, 5) is 32.4. The molecule has 8 N–H and O–H groups in total. The van der Waals surface area contributed by atoms with E-state index in [0.29, 0.717) is 22.7 Å². The van der Waals surface area contributed by atoms with Gasteiger partial charge in [0, 0.05) is 12.5 Å². The first-order chi connectivity index (χ1) is 15.6. The number of likely N-dealkylation sites (N-methyl/N-ethyl adjacent to an activating group) is 1. The fourth-order valence-electron chi connectivity index (χ4n) is 3.11. The van der Waals surface area contributed by atoms with Crippen molar-refractivity contribution >= 4 is 39.8 Å². The summed E-state index contributed by atoms with van der Waals surface area (Å²) < 4.78 is 7.39. The van der Waals surface area contributed by atoms with Gasteiger partial charge in [0.2, 0.25) is 0 Å². The number of aliphatic carboxylic acids is 2. The van der Waals surface area contributed by atoms with Crippen LogP contribution in [0.2, 0.25) is 0 Å². The normalized spacial score (nSPS) is 24.2. The number of nitrogens with one attached hydrogen (secondary N) is 1. The molecule has 0 amide bonds. The fourth-order valence-corrected chi connectivity index (χ4v) is 4.77. The average Bonchev–Trinajstić information content (AvgIpc) is 3.29. The zero-order valence-corrected chi connectivity index (χ0v) is 19.0. The first-order valence-electron chi connectivity index (χ1n) is 9.93. The summed E-state index contributed by atoms with van der Waals surface area (Å²) in [6.45, 7) is 0.0417. The molecule has 6 atom stereocenters. The lowest BCUT2D eigenvalue weighted by Gasteiger charge is -2.16. The van der Waals surface area contributed by atoms with Crippen molar-refractivity contribution in [2.45, 2.75) is 37.0 Å². The Bertz CT molecular complexity index is 946. The summed E-state index contributed by atoms with van der Waals surface area (Å²) in [7, 11) is 1.33. The first-order valence-corrected chi connectivity index (χ1v) is 11.9. The molecule has 2 unspecified atom stereocenters. The number of hydrogen-bond donors (Lipinski definition) is 6. The quantitative estimate of drug-likeness (QED) is 0.185. The van der Waals surface area contributed by atoms with Gasteiger partial charge in [0.25, 0.3) is 0 Å². The van der Waals surface area contributed by atoms with Crippen LogP contribution in [0.4, 0.5) is 5.82 Å². The second-order valence-corrected chi connectivity index (χ2v) is 9.72. The molecule has 0 spiro atoms. The lowest BCUT2D eigenvalue weighted by atomic mass is 10.1. The molecule has 14 nitrogen and oxygen atoms in total. The largest absolute Gasteiger partial charge is 0.548 e. The number of nitrogens with two attached hydrogens (primary N) is 2. The molecular formula is C18H29N7O7S. The Labute approximate surface area is 192 Å². The van der Waals surface area contributed by atoms with E-state index in [2.05, 4.69) is 20.3 Å². The van der Waals surface area contributed by atoms with Crippen molar-refractivity contribution in [1.82, 2.24) is 24.8 Å². The van der Waals surface area contributed by atoms with Gasteiger partial charge in [-0.05, 0) is 17.9 Å². The molecule has 0 bridgehead atoms. The van der Waals surface area contributed by atoms with Crippen molar-refractivity contribution in [3.8, 4) is 0 Å². The van der Waals surface area contributed by atoms with Gasteiger partial charge in [0.05, 0.1) is 25.1 Å². The number of carboxylic acid groups (broad SMARTS) is 2. The SMILES string of the molecule is CNCC(=O)O.C[S+](CCC(N)C(=O)[O-])C[C@H]1O[C@@H](n2cnc3c(N)ncnc32)[C@H](O)[C@@H]1O. The van der Waals surface area contributed by atoms with Crippen LogP contribution in [0.3, 0.4) is 0 Å². The molecule has 0 radical (unpaired) electrons. The maximum Gasteiger partial charge on any atom is 0.317 e. The smallest absolute Gasteiger partial charge is 0.317 e. The van der Waals surface area contributed by atoms with Gasteiger partial charge in [-0.15, -0.1) is 0 Å². The van der Waals surface area contributed by atoms with Gasteiger partial charge in [-0.1, -0.05) is 0 Å². The molecule has 1 saturated heterocycles. The summed E-state index contributed by atoms with van der Waals surface area (Å²) in [5, 5.41) is 41.8. The zero-order chi connectivity index (χ0) is 24.7. The van der Waals surface area contributed by atoms with Crippen molar-refractivity contribution in [3.63, 3.8) is 0 Å². The molecule has 1 aliphatic heterocycles. The van der Waals surface area contributed by atoms with Gasteiger partial charge in [-0.2, -0.15) is 0 Å². The molecular weight excluding hydrogens is 458 g/mol. The zero-order valence-electron chi connectivity index (χ0n) is 18.2. The third-order valence-electron chi connectivity index (χ3n) is 4.86. The first kappa shape index (κ1) is 26.7. The van der Waals surface area contributed by atoms with Gasteiger partial charge < -0.3 is 46.7 Å². The van der Waals surface area contributed by atoms with E-state index >= 15 is 0 Å². The third-order valence-corrected chi connectivity index (χ3v) is 6.69. The molecule has 0 aliphatic carbocycles. The Morgan fingerprint density at radius 1 is 1.33 bits per heavy atom. The average molecular weight is 488 g/mol. The fraction of sp³-hybridized carbons (Fsp3) is 0.611. The molecule has 1 fully saturated rings. The molecule has 33 heavy (non-hydrogen) atoms. The van der Waals surface area contributed by atoms with Crippen LogP contribution in [-0.4, -0.2) is 102 Å². The summed E-state index contributed by atoms with van der Waals surface area (Å²) >= 11 is 0. The van der Waals surface area contributed by atoms with E-state index in [1.807, 2.05) is 6.26 Å². The maximum atomic E-state index is 10.7. The number of aliphatic hydroxyl groups is 2. The second-order valence-electron chi connectivity index (χ2n) is 7.42. The molecule has 2 aromatic rings. The van der Waals surface area contributed by atoms with E-state index in [1.54, 1.807) is 7.05 Å². The standard InChI is InChI=1S/C15H22N6O5S.C3H7NO2/c1-27(3-2-7(16)15(24)25)4-8-10(22)11(23)14(26-8)21-6-20-9-12(17)18-5-19-13(9)21;1-4-2-3(5)6/h5-8,10-11,14,22-23H,2-4,16H2,1H3,(H2-,17,18,19,24,25);4H,2H2,1H3,(H,5,6)/t7?,8-,10-,11-,14-,27?;/m1./s1. The molecule has 3 rings (SSSR count). The van der Waals surface area contributed by atoms with E-state index < -0.39 is 42.5 Å². The van der Waals surface area contributed by atoms with Crippen LogP contribution < -0.4 is 21.9 Å². The predicted octanol–water partition coefficient (Wildman–Crippen LogP) is -3.97. The van der Waals surface area contributed by atoms with Crippen LogP contribution in [0.1, 0.15) is 12.6 Å². The second kappa shape index (κ2) is 12.1. The highest BCUT2D eigenvalue weighted by molar-refractivity contribution is 7.96. The minimum absolute atomic E-state index is 0.0417. The lowest BCUT2D eigenvalue weighted by molar-refractivity contribution is -0.307. The van der Waals surface area contributed by atoms with Crippen LogP contribution in [-0.2, 0) is 25.2 Å². The Morgan fingerprint density at radius 2 is 2.03 bits per heavy atom. The number of aliphatic hydroxyl groups excluding tert-OH is 2. The number of rotatable bonds is 9. The van der Waals surface area contributed by atoms with Crippen molar-refractivity contribution in [3.05, 3.63) is 12.7 Å². The third kappa shape index (κ3) is 6.96. The number of hydrogen-bond acceptors (Lipinski definition) is 12. The highest BCUT2D eigenvalue weighted by atomic mass is 32.2. The number of carbonyl (C=O) groups is 2. The molecule has 0 aromatic carbocycles. The number of fused-ring (bicyclic) bond motifs is 1. The summed E-state index contributed by atoms with van der Waals surface area (Å²) in [5.41, 5.74) is 12.0. The lowest BCUT2D eigenvalue weighted by Crippen LogP contribution is -2.43. The Hall–Kier alpha value is -2.56. The molecule has 3 heterocycles. The Balaban J connectivity index is 0.000000569. The van der Waals surface area contributed by atoms with E-state index in [0.717, 1.165) is 0 Å². The van der Waals surface area contributed by atoms with Crippen molar-refractivity contribution in [2.75, 3.05) is 37.1 Å². The van der Waals surface area contributed by atoms with Crippen LogP contribution >= 0.6 is 0 Å². The van der Waals surface area contributed by atoms with Crippen LogP contribution in [0.15, 0.2) is 12.7 Å². The topological polar surface area (TPSA) is 235 Å². The van der Waals surface area contributed by atoms with E-state index in [-0.39, 0.29) is 29.7 Å². The number of imidazole rings is 1. The number of ether oxygens (including phenoxy) is 1. The monoisotopic (exact) mass is 487 g/mol. The van der Waals surface area contributed by atoms with Gasteiger partial charge in [0.15, 0.2) is 17.7 Å². The van der Waals surface area contributed by atoms with E-state index in [1.165, 1.54) is 17.2 Å². The summed E-state index contributed by atoms with van der Waals surface area (Å²) in [6, 6.07) is -1.02. The summed E-state index contributed by atoms with van der Waals surface area (Å²) in [5.74, 6) is -0.883. The molecule has 0 saturated carbocycles. The number of carboxylic acids is 2. The number of aromatic nitrogens is 4. The van der Waals surface area contributed by atoms with Gasteiger partial charge >= 0.3 is 5.97 Å². The summed E-state index contributed by atoms with van der Waals surface area (Å²) in [6.07, 6.45) is 1.17. The van der Waals surface area contributed by atoms with Crippen LogP contribution in [0.25, 0.3) is 11.2 Å². The van der Waals surface area contributed by atoms with Crippen molar-refractivity contribution < 1.29 is 34.8 Å². The van der Waals surface area contributed by atoms with Crippen LogP contribution in [0, 0.1) is 0 Å². The number of anilines is 1. The van der Waals surface area contributed by atoms with Crippen molar-refractivity contribution in [1.29, 1.82) is 0 Å². The highest BCUT2D eigenvalue weighted by Crippen LogP contribution is 2.32.